The van der Waals surface area contributed by atoms with Gasteiger partial charge in [-0.15, -0.1) is 11.8 Å². The Labute approximate surface area is 90.5 Å². The highest BCUT2D eigenvalue weighted by atomic mass is 13.9. The van der Waals surface area contributed by atoms with Gasteiger partial charge in [0.2, 0.25) is 0 Å². The average molecular weight is 194 g/mol. The second-order valence-corrected chi connectivity index (χ2v) is 3.97. The molecule has 82 valence electrons. The van der Waals surface area contributed by atoms with Crippen molar-refractivity contribution in [1.29, 1.82) is 0 Å². The summed E-state index contributed by atoms with van der Waals surface area (Å²) in [5.41, 5.74) is 0. The third kappa shape index (κ3) is 11.6. The molecule has 0 aromatic carbocycles. The molecule has 0 aromatic rings. The Kier molecular flexibility index (Phi) is 12.2. The highest BCUT2D eigenvalue weighted by Gasteiger charge is 1.87. The normalized spacial score (nSPS) is 9.57. The molecular formula is C14H26. The smallest absolute Gasteiger partial charge is 0.00886 e. The predicted octanol–water partition coefficient (Wildman–Crippen LogP) is 4.93. The number of unbranched alkanes of at least 4 members (excludes halogenated alkanes) is 8. The van der Waals surface area contributed by atoms with Crippen LogP contribution in [0.1, 0.15) is 78.1 Å². The Hall–Kier alpha value is -0.440. The molecule has 0 bridgehead atoms. The fraction of sp³-hybridized carbons (Fsp3) is 0.857. The molecule has 0 fully saturated rings. The van der Waals surface area contributed by atoms with E-state index in [4.69, 9.17) is 0 Å². The predicted molar refractivity (Wildman–Crippen MR) is 65.3 cm³/mol. The monoisotopic (exact) mass is 194 g/mol. The summed E-state index contributed by atoms with van der Waals surface area (Å²) >= 11 is 0. The Balaban J connectivity index is 2.99. The third-order valence-electron chi connectivity index (χ3n) is 2.44. The zero-order valence-corrected chi connectivity index (χ0v) is 10.1. The molecule has 0 rings (SSSR count). The largest absolute Gasteiger partial charge is 0.103 e. The van der Waals surface area contributed by atoms with Gasteiger partial charge in [-0.1, -0.05) is 52.4 Å². The summed E-state index contributed by atoms with van der Waals surface area (Å²) in [6.07, 6.45) is 13.0. The van der Waals surface area contributed by atoms with E-state index in [0.29, 0.717) is 0 Å². The summed E-state index contributed by atoms with van der Waals surface area (Å²) in [4.78, 5) is 0. The molecule has 0 nitrogen and oxygen atoms in total. The van der Waals surface area contributed by atoms with E-state index < -0.39 is 0 Å². The maximum Gasteiger partial charge on any atom is 0.00886 e. The molecule has 0 saturated carbocycles. The minimum Gasteiger partial charge on any atom is -0.103 e. The van der Waals surface area contributed by atoms with Crippen LogP contribution in [0.2, 0.25) is 0 Å². The lowest BCUT2D eigenvalue weighted by Gasteiger charge is -1.96. The molecule has 0 aromatic heterocycles. The van der Waals surface area contributed by atoms with Gasteiger partial charge in [-0.25, -0.2) is 0 Å². The van der Waals surface area contributed by atoms with Crippen molar-refractivity contribution in [3.05, 3.63) is 0 Å². The van der Waals surface area contributed by atoms with Gasteiger partial charge >= 0.3 is 0 Å². The summed E-state index contributed by atoms with van der Waals surface area (Å²) in [6, 6.07) is 0. The van der Waals surface area contributed by atoms with Crippen LogP contribution >= 0.6 is 0 Å². The lowest BCUT2D eigenvalue weighted by atomic mass is 10.1. The van der Waals surface area contributed by atoms with Crippen molar-refractivity contribution in [2.24, 2.45) is 0 Å². The zero-order valence-electron chi connectivity index (χ0n) is 10.1. The molecule has 0 aliphatic rings. The number of rotatable bonds is 8. The fourth-order valence-corrected chi connectivity index (χ4v) is 1.44. The van der Waals surface area contributed by atoms with Gasteiger partial charge < -0.3 is 0 Å². The number of hydrogen-bond donors (Lipinski definition) is 0. The van der Waals surface area contributed by atoms with Gasteiger partial charge in [-0.05, 0) is 12.8 Å². The first-order valence-corrected chi connectivity index (χ1v) is 6.37. The molecule has 0 aliphatic heterocycles. The summed E-state index contributed by atoms with van der Waals surface area (Å²) in [7, 11) is 0. The van der Waals surface area contributed by atoms with Crippen molar-refractivity contribution in [1.82, 2.24) is 0 Å². The average Bonchev–Trinajstić information content (AvgIpc) is 2.21. The minimum absolute atomic E-state index is 1.10. The van der Waals surface area contributed by atoms with E-state index in [1.54, 1.807) is 0 Å². The highest BCUT2D eigenvalue weighted by Crippen LogP contribution is 2.06. The second-order valence-electron chi connectivity index (χ2n) is 3.97. The lowest BCUT2D eigenvalue weighted by molar-refractivity contribution is 0.613. The van der Waals surface area contributed by atoms with Crippen LogP contribution < -0.4 is 0 Å². The second kappa shape index (κ2) is 12.6. The maximum absolute atomic E-state index is 3.26. The van der Waals surface area contributed by atoms with Crippen molar-refractivity contribution in [2.45, 2.75) is 78.1 Å². The molecule has 14 heavy (non-hydrogen) atoms. The van der Waals surface area contributed by atoms with Crippen molar-refractivity contribution < 1.29 is 0 Å². The fourth-order valence-electron chi connectivity index (χ4n) is 1.44. The van der Waals surface area contributed by atoms with Crippen molar-refractivity contribution in [3.63, 3.8) is 0 Å². The Morgan fingerprint density at radius 3 is 1.71 bits per heavy atom. The third-order valence-corrected chi connectivity index (χ3v) is 2.44. The van der Waals surface area contributed by atoms with Crippen LogP contribution in [0.25, 0.3) is 0 Å². The molecule has 0 N–H and O–H groups in total. The first-order valence-electron chi connectivity index (χ1n) is 6.37. The summed E-state index contributed by atoms with van der Waals surface area (Å²) in [5, 5.41) is 0. The van der Waals surface area contributed by atoms with Gasteiger partial charge in [0.1, 0.15) is 0 Å². The Morgan fingerprint density at radius 2 is 1.07 bits per heavy atom. The highest BCUT2D eigenvalue weighted by molar-refractivity contribution is 4.98. The van der Waals surface area contributed by atoms with E-state index in [1.165, 1.54) is 51.4 Å². The van der Waals surface area contributed by atoms with Crippen LogP contribution in [0.15, 0.2) is 0 Å². The summed E-state index contributed by atoms with van der Waals surface area (Å²) < 4.78 is 0. The van der Waals surface area contributed by atoms with Crippen molar-refractivity contribution in [2.75, 3.05) is 0 Å². The molecular weight excluding hydrogens is 168 g/mol. The van der Waals surface area contributed by atoms with Gasteiger partial charge in [0, 0.05) is 12.8 Å². The summed E-state index contributed by atoms with van der Waals surface area (Å²) in [5.74, 6) is 6.50. The van der Waals surface area contributed by atoms with Gasteiger partial charge in [0.05, 0.1) is 0 Å². The first kappa shape index (κ1) is 13.6. The molecule has 0 spiro atoms. The van der Waals surface area contributed by atoms with E-state index in [1.807, 2.05) is 0 Å². The SMILES string of the molecule is CCCCC#CCCCCCCCC. The van der Waals surface area contributed by atoms with E-state index in [-0.39, 0.29) is 0 Å². The van der Waals surface area contributed by atoms with Gasteiger partial charge in [-0.3, -0.25) is 0 Å². The molecule has 0 unspecified atom stereocenters. The van der Waals surface area contributed by atoms with Crippen LogP contribution in [-0.2, 0) is 0 Å². The topological polar surface area (TPSA) is 0 Å². The van der Waals surface area contributed by atoms with Crippen molar-refractivity contribution >= 4 is 0 Å². The summed E-state index contributed by atoms with van der Waals surface area (Å²) in [6.45, 7) is 4.48. The van der Waals surface area contributed by atoms with Crippen LogP contribution in [0.3, 0.4) is 0 Å². The lowest BCUT2D eigenvalue weighted by Crippen LogP contribution is -1.77. The van der Waals surface area contributed by atoms with Crippen molar-refractivity contribution in [3.8, 4) is 11.8 Å². The van der Waals surface area contributed by atoms with Crippen LogP contribution in [0.5, 0.6) is 0 Å². The van der Waals surface area contributed by atoms with Crippen LogP contribution in [-0.4, -0.2) is 0 Å². The molecule has 0 saturated heterocycles. The molecule has 0 aliphatic carbocycles. The van der Waals surface area contributed by atoms with Gasteiger partial charge in [0.15, 0.2) is 0 Å². The van der Waals surface area contributed by atoms with E-state index in [0.717, 1.165) is 12.8 Å². The maximum atomic E-state index is 3.26. The van der Waals surface area contributed by atoms with E-state index >= 15 is 0 Å². The minimum atomic E-state index is 1.10. The van der Waals surface area contributed by atoms with Gasteiger partial charge in [-0.2, -0.15) is 0 Å². The number of hydrogen-bond acceptors (Lipinski definition) is 0. The molecule has 0 heteroatoms. The van der Waals surface area contributed by atoms with Crippen LogP contribution in [0.4, 0.5) is 0 Å². The van der Waals surface area contributed by atoms with Crippen LogP contribution in [0, 0.1) is 11.8 Å². The molecule has 0 amide bonds. The Morgan fingerprint density at radius 1 is 0.571 bits per heavy atom. The van der Waals surface area contributed by atoms with Gasteiger partial charge in [0.25, 0.3) is 0 Å². The Bertz CT molecular complexity index is 147. The molecule has 0 heterocycles. The molecule has 0 radical (unpaired) electrons. The van der Waals surface area contributed by atoms with E-state index in [2.05, 4.69) is 25.7 Å². The standard InChI is InChI=1S/C14H26/c1-3-5-7-9-11-13-14-12-10-8-6-4-2/h3-9,11,13-14H2,1-2H3. The molecule has 0 atom stereocenters. The van der Waals surface area contributed by atoms with E-state index in [9.17, 15) is 0 Å². The quantitative estimate of drug-likeness (QED) is 0.379. The zero-order chi connectivity index (χ0) is 10.5. The first-order chi connectivity index (χ1) is 6.91.